The van der Waals surface area contributed by atoms with Gasteiger partial charge >= 0.3 is 48.7 Å². The molecule has 0 aromatic carbocycles. The molecule has 14 atom stereocenters. The van der Waals surface area contributed by atoms with Gasteiger partial charge in [-0.3, -0.25) is 9.59 Å². The zero-order valence-corrected chi connectivity index (χ0v) is 77.0. The van der Waals surface area contributed by atoms with E-state index in [-0.39, 0.29) is 167 Å². The number of nitrogens with two attached hydrogens (primary N) is 3. The first-order valence-corrected chi connectivity index (χ1v) is 49.9. The second-order valence-electron chi connectivity index (χ2n) is 45.5. The molecule has 6 heterocycles. The average Bonchev–Trinajstić information content (AvgIpc) is 0.810. The minimum atomic E-state index is -3.62. The van der Waals surface area contributed by atoms with E-state index < -0.39 is 63.9 Å². The molecule has 0 aromatic heterocycles. The number of likely N-dealkylation sites (tertiary alicyclic amines) is 6. The van der Waals surface area contributed by atoms with Crippen molar-refractivity contribution in [3.8, 4) is 0 Å². The molecular weight excluding hydrogens is 1640 g/mol. The van der Waals surface area contributed by atoms with Gasteiger partial charge in [-0.05, 0) is 333 Å². The number of amides is 10. The fourth-order valence-corrected chi connectivity index (χ4v) is 30.4. The minimum Gasteiger partial charge on any atom is -0.446 e. The summed E-state index contributed by atoms with van der Waals surface area (Å²) in [7, 11) is -6.75. The molecule has 35 heteroatoms. The number of carbonyl (C=O) groups excluding carboxylic acids is 10. The van der Waals surface area contributed by atoms with E-state index in [1.54, 1.807) is 40.4 Å². The van der Waals surface area contributed by atoms with Crippen LogP contribution in [0.4, 0.5) is 38.4 Å². The molecule has 33 nitrogen and oxygen atoms in total. The van der Waals surface area contributed by atoms with Gasteiger partial charge in [0, 0.05) is 71.7 Å². The van der Waals surface area contributed by atoms with E-state index in [4.69, 9.17) is 54.5 Å². The number of nitrogens with zero attached hydrogens (tertiary/aromatic N) is 6. The van der Waals surface area contributed by atoms with Crippen LogP contribution < -0.4 is 27.2 Å². The summed E-state index contributed by atoms with van der Waals surface area (Å²) in [5.74, 6) is 3.35. The van der Waals surface area contributed by atoms with Crippen LogP contribution in [0.15, 0.2) is 0 Å². The van der Waals surface area contributed by atoms with Gasteiger partial charge in [-0.15, -0.1) is 0 Å². The highest BCUT2D eigenvalue weighted by molar-refractivity contribution is 7.92. The molecule has 0 radical (unpaired) electrons. The van der Waals surface area contributed by atoms with E-state index in [9.17, 15) is 64.8 Å². The maximum absolute atomic E-state index is 13.2. The number of primary sulfonamides is 1. The van der Waals surface area contributed by atoms with Crippen molar-refractivity contribution in [2.45, 2.75) is 331 Å². The van der Waals surface area contributed by atoms with Gasteiger partial charge in [-0.1, -0.05) is 0 Å². The quantitative estimate of drug-likeness (QED) is 0.127. The van der Waals surface area contributed by atoms with E-state index in [1.165, 1.54) is 6.26 Å². The van der Waals surface area contributed by atoms with Gasteiger partial charge in [0.2, 0.25) is 21.8 Å². The molecule has 696 valence electrons. The summed E-state index contributed by atoms with van der Waals surface area (Å²) in [4.78, 5) is 136. The monoisotopic (exact) mass is 1780 g/mol. The Bertz CT molecular complexity index is 4000. The summed E-state index contributed by atoms with van der Waals surface area (Å²) in [6, 6.07) is -0.346. The van der Waals surface area contributed by atoms with Gasteiger partial charge in [0.1, 0.15) is 46.8 Å². The fraction of sp³-hybridized carbons (Fsp3) is 0.888. The van der Waals surface area contributed by atoms with Gasteiger partial charge in [0.25, 0.3) is 0 Å². The molecule has 22 rings (SSSR count). The Morgan fingerprint density at radius 2 is 0.629 bits per heavy atom. The van der Waals surface area contributed by atoms with Crippen LogP contribution in [0.1, 0.15) is 250 Å². The SMILES string of the molecule is CC(C)(C)OC(=O)N1CCC[C@@H]2CN(C(=O)OC3C4CC5CC3CC(C(N)=O)(C5)C4)C[C@@H]21.CC(C)(C)OC(=O)N1CCC[C@H]2CN(C(=O)OC3C4CC5CC3CC(C(N)=O)(C5)C4)C[C@@H]21.CC(C)(C)OC(=O)N[C@@H]1CCN(C(=O)OC2C3CC4CC2CC(S(C)(=O)=O)(C4)C3)C1.CC(C)(C)OC(=O)N[C@@H]1CCN(C(=O)OC2C3CC4CC2CC(S(N)(=O)=O)(C4)C3)C1. The molecule has 22 fully saturated rings. The van der Waals surface area contributed by atoms with Crippen LogP contribution in [-0.2, 0) is 67.3 Å². The summed E-state index contributed by atoms with van der Waals surface area (Å²) in [6.45, 7) is 27.5. The Labute approximate surface area is 731 Å². The summed E-state index contributed by atoms with van der Waals surface area (Å²) < 4.78 is 93.9. The van der Waals surface area contributed by atoms with Crippen molar-refractivity contribution >= 4 is 80.4 Å². The maximum atomic E-state index is 13.2. The van der Waals surface area contributed by atoms with Crippen LogP contribution in [0.25, 0.3) is 0 Å². The minimum absolute atomic E-state index is 0.0113. The topological polar surface area (TPSA) is 434 Å². The maximum Gasteiger partial charge on any atom is 0.410 e. The second-order valence-corrected chi connectivity index (χ2v) is 49.9. The highest BCUT2D eigenvalue weighted by Crippen LogP contribution is 2.64. The van der Waals surface area contributed by atoms with E-state index in [1.807, 2.05) is 72.1 Å². The van der Waals surface area contributed by atoms with Crippen molar-refractivity contribution in [2.75, 3.05) is 71.7 Å². The number of nitrogens with one attached hydrogen (secondary N) is 2. The number of sulfonamides is 1. The Morgan fingerprint density at radius 1 is 0.339 bits per heavy atom. The first-order valence-electron chi connectivity index (χ1n) is 46.4. The highest BCUT2D eigenvalue weighted by atomic mass is 32.2. The lowest BCUT2D eigenvalue weighted by atomic mass is 9.48. The van der Waals surface area contributed by atoms with Crippen molar-refractivity contribution in [2.24, 2.45) is 110 Å². The standard InChI is InChI=1S/2C24H37N3O5.C21H34N2O6S.C20H33N3O6S/c2*1-23(2,3)32-22(30)27-6-4-5-15-12-26(13-18(15)27)21(29)31-19-16-7-14-8-17(19)11-24(9-14,10-16)20(25)28;1-20(2,3)29-18(24)22-16-5-6-23(12-16)19(25)28-17-14-7-13-8-15(17)11-21(9-13,10-14)30(4,26)27;1-19(2,3)29-17(24)22-15-4-5-23(11-15)18(25)28-16-13-6-12-7-14(16)10-20(8-12,9-13)30(21,26)27/h2*14-19H,4-13H2,1-3H3,(H2,25,28);13-17H,5-12H2,1-4H3,(H,22,24);12-16H,4-11H2,1-3H3,(H,22,24)(H2,21,26,27)/t14?,15-,16?,17?,18+,19?,24?;14?,15-,16?,17?,18-,19?,24?;13?,14?,15?,16-,17?,21?;12?,13?,14?,15-,16?,20?/m1011/s1. The number of primary amides is 2. The molecule has 16 aliphatic carbocycles. The number of hydrogen-bond donors (Lipinski definition) is 5. The molecule has 6 saturated heterocycles. The summed E-state index contributed by atoms with van der Waals surface area (Å²) in [6.07, 6.45) is 19.3. The number of rotatable bonds is 10. The van der Waals surface area contributed by atoms with Crippen molar-refractivity contribution < 1.29 is 103 Å². The van der Waals surface area contributed by atoms with Crippen molar-refractivity contribution in [3.05, 3.63) is 0 Å². The van der Waals surface area contributed by atoms with Crippen molar-refractivity contribution in [1.82, 2.24) is 40.0 Å². The van der Waals surface area contributed by atoms with Crippen LogP contribution in [0.3, 0.4) is 0 Å². The van der Waals surface area contributed by atoms with E-state index in [2.05, 4.69) is 10.6 Å². The Kier molecular flexibility index (Phi) is 25.0. The smallest absolute Gasteiger partial charge is 0.410 e. The third kappa shape index (κ3) is 19.5. The lowest BCUT2D eigenvalue weighted by Gasteiger charge is -2.58. The number of alkyl carbamates (subject to hydrolysis) is 2. The zero-order chi connectivity index (χ0) is 89.5. The summed E-state index contributed by atoms with van der Waals surface area (Å²) in [5, 5.41) is 11.2. The van der Waals surface area contributed by atoms with Gasteiger partial charge in [0.15, 0.2) is 9.84 Å². The van der Waals surface area contributed by atoms with Crippen molar-refractivity contribution in [1.29, 1.82) is 0 Å². The predicted molar refractivity (Wildman–Crippen MR) is 453 cm³/mol. The molecule has 22 aliphatic rings. The van der Waals surface area contributed by atoms with Crippen molar-refractivity contribution in [3.63, 3.8) is 0 Å². The number of carbonyl (C=O) groups is 10. The van der Waals surface area contributed by atoms with Gasteiger partial charge in [-0.2, -0.15) is 0 Å². The Morgan fingerprint density at radius 3 is 0.927 bits per heavy atom. The van der Waals surface area contributed by atoms with Crippen LogP contribution in [-0.4, -0.2) is 259 Å². The first kappa shape index (κ1) is 91.7. The number of sulfone groups is 1. The van der Waals surface area contributed by atoms with E-state index in [0.29, 0.717) is 134 Å². The fourth-order valence-electron chi connectivity index (χ4n) is 27.5. The summed E-state index contributed by atoms with van der Waals surface area (Å²) in [5.41, 5.74) is 8.59. The number of hydrogen-bond acceptors (Lipinski definition) is 22. The average molecular weight is 1780 g/mol. The van der Waals surface area contributed by atoms with Gasteiger partial charge in [0.05, 0.1) is 44.5 Å². The third-order valence-corrected chi connectivity index (χ3v) is 35.5. The third-order valence-electron chi connectivity index (χ3n) is 31.7. The molecule has 8 unspecified atom stereocenters. The molecule has 16 saturated carbocycles. The number of piperidine rings is 2. The van der Waals surface area contributed by atoms with Crippen LogP contribution in [0.5, 0.6) is 0 Å². The Hall–Kier alpha value is -7.04. The molecule has 0 spiro atoms. The predicted octanol–water partition coefficient (Wildman–Crippen LogP) is 10.9. The summed E-state index contributed by atoms with van der Waals surface area (Å²) >= 11 is 0. The molecule has 0 aromatic rings. The molecule has 6 aliphatic heterocycles. The van der Waals surface area contributed by atoms with E-state index >= 15 is 0 Å². The normalized spacial score (nSPS) is 39.1. The first-order chi connectivity index (χ1) is 57.8. The molecule has 124 heavy (non-hydrogen) atoms. The van der Waals surface area contributed by atoms with Crippen LogP contribution >= 0.6 is 0 Å². The van der Waals surface area contributed by atoms with Crippen LogP contribution in [0, 0.1) is 93.7 Å². The van der Waals surface area contributed by atoms with E-state index in [0.717, 1.165) is 122 Å². The second kappa shape index (κ2) is 33.8. The number of ether oxygens (including phenoxy) is 8. The Balaban J connectivity index is 0.000000128. The molecule has 16 bridgehead atoms. The van der Waals surface area contributed by atoms with Gasteiger partial charge in [-0.25, -0.2) is 60.3 Å². The van der Waals surface area contributed by atoms with Gasteiger partial charge < -0.3 is 89.4 Å². The largest absolute Gasteiger partial charge is 0.446 e. The number of fused-ring (bicyclic) bond motifs is 2. The molecule has 8 N–H and O–H groups in total. The lowest BCUT2D eigenvalue weighted by Crippen LogP contribution is -2.62. The van der Waals surface area contributed by atoms with Crippen LogP contribution in [0.2, 0.25) is 0 Å². The molecular formula is C89H141N11O22S2. The lowest BCUT2D eigenvalue weighted by molar-refractivity contribution is -0.162. The zero-order valence-electron chi connectivity index (χ0n) is 75.4. The molecule has 10 amide bonds. The highest BCUT2D eigenvalue weighted by Gasteiger charge is 2.65.